The molecule has 1 heterocycles. The van der Waals surface area contributed by atoms with Gasteiger partial charge in [-0.3, -0.25) is 9.79 Å². The summed E-state index contributed by atoms with van der Waals surface area (Å²) < 4.78 is 0. The quantitative estimate of drug-likeness (QED) is 0.637. The van der Waals surface area contributed by atoms with Crippen LogP contribution in [0.2, 0.25) is 0 Å². The van der Waals surface area contributed by atoms with Crippen LogP contribution in [0.15, 0.2) is 41.5 Å². The number of aromatic nitrogens is 1. The number of pyridine rings is 1. The third-order valence-electron chi connectivity index (χ3n) is 6.19. The Kier molecular flexibility index (Phi) is 5.97. The molecule has 1 fully saturated rings. The summed E-state index contributed by atoms with van der Waals surface area (Å²) in [5.41, 5.74) is 9.98. The molecular formula is C24H31N3O. The van der Waals surface area contributed by atoms with Gasteiger partial charge in [0.15, 0.2) is 0 Å². The molecule has 0 bridgehead atoms. The summed E-state index contributed by atoms with van der Waals surface area (Å²) in [5, 5.41) is 0. The molecule has 0 spiro atoms. The van der Waals surface area contributed by atoms with Gasteiger partial charge in [-0.1, -0.05) is 51.5 Å². The van der Waals surface area contributed by atoms with Crippen LogP contribution in [-0.4, -0.2) is 24.0 Å². The molecule has 4 nitrogen and oxygen atoms in total. The lowest BCUT2D eigenvalue weighted by atomic mass is 9.83. The van der Waals surface area contributed by atoms with Gasteiger partial charge in [-0.05, 0) is 42.4 Å². The van der Waals surface area contributed by atoms with E-state index in [2.05, 4.69) is 55.0 Å². The first-order valence-electron chi connectivity index (χ1n) is 10.3. The lowest BCUT2D eigenvalue weighted by Gasteiger charge is -2.19. The number of aliphatic imine (C=N–C) groups is 1. The van der Waals surface area contributed by atoms with Crippen LogP contribution >= 0.6 is 0 Å². The summed E-state index contributed by atoms with van der Waals surface area (Å²) in [5.74, 6) is 1.44. The fraction of sp³-hybridized carbons (Fsp3) is 0.458. The molecule has 0 amide bonds. The molecule has 3 rings (SSSR count). The lowest BCUT2D eigenvalue weighted by molar-refractivity contribution is -0.128. The van der Waals surface area contributed by atoms with Crippen LogP contribution in [0.5, 0.6) is 0 Å². The van der Waals surface area contributed by atoms with Crippen molar-refractivity contribution in [2.24, 2.45) is 16.3 Å². The Morgan fingerprint density at radius 3 is 2.64 bits per heavy atom. The van der Waals surface area contributed by atoms with Crippen LogP contribution in [0.1, 0.15) is 63.5 Å². The summed E-state index contributed by atoms with van der Waals surface area (Å²) in [4.78, 5) is 21.3. The zero-order valence-corrected chi connectivity index (χ0v) is 17.4. The fourth-order valence-electron chi connectivity index (χ4n) is 4.34. The van der Waals surface area contributed by atoms with Gasteiger partial charge in [-0.25, -0.2) is 4.98 Å². The maximum absolute atomic E-state index is 13.0. The molecule has 1 aromatic heterocycles. The number of nitrogens with two attached hydrogens (primary N) is 1. The standard InChI is InChI=1S/C24H31N3O/c1-5-11-24(22(28)16(3)6-2)13-21(24)18-9-7-17(8-10-18)19-12-20(14-26-4)23(25)27-15-19/h7-10,12,14-16,21H,5-6,11,13H2,1-4H3,(H2,25,27). The molecule has 1 aromatic carbocycles. The molecule has 3 unspecified atom stereocenters. The first-order valence-corrected chi connectivity index (χ1v) is 10.3. The first kappa shape index (κ1) is 20.2. The highest BCUT2D eigenvalue weighted by atomic mass is 16.1. The van der Waals surface area contributed by atoms with E-state index in [1.807, 2.05) is 6.07 Å². The van der Waals surface area contributed by atoms with E-state index in [1.165, 1.54) is 5.56 Å². The van der Waals surface area contributed by atoms with Crippen molar-refractivity contribution in [1.82, 2.24) is 4.98 Å². The molecule has 1 aliphatic rings. The number of Topliss-reactive ketones (excluding diaryl/α,β-unsaturated/α-hetero) is 1. The average molecular weight is 378 g/mol. The zero-order valence-electron chi connectivity index (χ0n) is 17.4. The third-order valence-corrected chi connectivity index (χ3v) is 6.19. The van der Waals surface area contributed by atoms with E-state index in [4.69, 9.17) is 5.73 Å². The average Bonchev–Trinajstić information content (AvgIpc) is 3.44. The van der Waals surface area contributed by atoms with E-state index in [1.54, 1.807) is 19.5 Å². The summed E-state index contributed by atoms with van der Waals surface area (Å²) >= 11 is 0. The van der Waals surface area contributed by atoms with Crippen molar-refractivity contribution in [3.8, 4) is 11.1 Å². The van der Waals surface area contributed by atoms with Gasteiger partial charge in [0.2, 0.25) is 0 Å². The molecule has 0 aliphatic heterocycles. The number of hydrogen-bond donors (Lipinski definition) is 1. The highest BCUT2D eigenvalue weighted by Gasteiger charge is 2.59. The number of carbonyl (C=O) groups is 1. The van der Waals surface area contributed by atoms with Crippen molar-refractivity contribution in [2.45, 2.75) is 52.4 Å². The molecule has 1 saturated carbocycles. The number of anilines is 1. The number of benzene rings is 1. The van der Waals surface area contributed by atoms with Crippen LogP contribution in [0.4, 0.5) is 5.82 Å². The number of ketones is 1. The predicted octanol–water partition coefficient (Wildman–Crippen LogP) is 5.27. The monoisotopic (exact) mass is 377 g/mol. The maximum atomic E-state index is 13.0. The first-order chi connectivity index (χ1) is 13.5. The van der Waals surface area contributed by atoms with Gasteiger partial charge in [-0.2, -0.15) is 0 Å². The largest absolute Gasteiger partial charge is 0.383 e. The number of rotatable bonds is 8. The van der Waals surface area contributed by atoms with E-state index in [0.717, 1.165) is 42.4 Å². The maximum Gasteiger partial charge on any atom is 0.142 e. The van der Waals surface area contributed by atoms with Crippen molar-refractivity contribution >= 4 is 17.8 Å². The second-order valence-corrected chi connectivity index (χ2v) is 8.04. The number of hydrogen-bond acceptors (Lipinski definition) is 4. The van der Waals surface area contributed by atoms with Crippen molar-refractivity contribution in [2.75, 3.05) is 12.8 Å². The van der Waals surface area contributed by atoms with Gasteiger partial charge < -0.3 is 5.73 Å². The molecule has 2 N–H and O–H groups in total. The molecule has 4 heteroatoms. The van der Waals surface area contributed by atoms with Gasteiger partial charge in [0.05, 0.1) is 0 Å². The normalized spacial score (nSPS) is 22.4. The number of carbonyl (C=O) groups excluding carboxylic acids is 1. The minimum Gasteiger partial charge on any atom is -0.383 e. The Hall–Kier alpha value is -2.49. The van der Waals surface area contributed by atoms with E-state index in [0.29, 0.717) is 17.5 Å². The van der Waals surface area contributed by atoms with Crippen LogP contribution in [-0.2, 0) is 4.79 Å². The molecule has 0 radical (unpaired) electrons. The number of nitrogen functional groups attached to an aromatic ring is 1. The Morgan fingerprint density at radius 1 is 1.32 bits per heavy atom. The van der Waals surface area contributed by atoms with Crippen LogP contribution in [0, 0.1) is 11.3 Å². The minimum atomic E-state index is -0.140. The van der Waals surface area contributed by atoms with E-state index in [9.17, 15) is 4.79 Å². The molecule has 2 aromatic rings. The molecule has 148 valence electrons. The van der Waals surface area contributed by atoms with Gasteiger partial charge >= 0.3 is 0 Å². The SMILES string of the molecule is CCCC1(C(=O)C(C)CC)CC1c1ccc(-c2cnc(N)c(C=NC)c2)cc1. The van der Waals surface area contributed by atoms with Gasteiger partial charge in [0, 0.05) is 41.9 Å². The molecule has 28 heavy (non-hydrogen) atoms. The smallest absolute Gasteiger partial charge is 0.142 e. The van der Waals surface area contributed by atoms with Crippen LogP contribution in [0.25, 0.3) is 11.1 Å². The topological polar surface area (TPSA) is 68.3 Å². The van der Waals surface area contributed by atoms with Gasteiger partial charge in [0.1, 0.15) is 11.6 Å². The van der Waals surface area contributed by atoms with E-state index < -0.39 is 0 Å². The summed E-state index contributed by atoms with van der Waals surface area (Å²) in [6, 6.07) is 10.6. The Labute approximate surface area is 168 Å². The molecule has 0 saturated heterocycles. The second kappa shape index (κ2) is 8.26. The molecule has 3 atom stereocenters. The van der Waals surface area contributed by atoms with Crippen LogP contribution < -0.4 is 5.73 Å². The Balaban J connectivity index is 1.84. The second-order valence-electron chi connectivity index (χ2n) is 8.04. The summed E-state index contributed by atoms with van der Waals surface area (Å²) in [7, 11) is 1.72. The lowest BCUT2D eigenvalue weighted by Crippen LogP contribution is -2.24. The third kappa shape index (κ3) is 3.73. The fourth-order valence-corrected chi connectivity index (χ4v) is 4.34. The Morgan fingerprint density at radius 2 is 2.04 bits per heavy atom. The van der Waals surface area contributed by atoms with Gasteiger partial charge in [0.25, 0.3) is 0 Å². The van der Waals surface area contributed by atoms with Crippen molar-refractivity contribution < 1.29 is 4.79 Å². The van der Waals surface area contributed by atoms with Crippen molar-refractivity contribution in [3.05, 3.63) is 47.7 Å². The number of nitrogens with zero attached hydrogens (tertiary/aromatic N) is 2. The van der Waals surface area contributed by atoms with Crippen molar-refractivity contribution in [1.29, 1.82) is 0 Å². The van der Waals surface area contributed by atoms with Crippen molar-refractivity contribution in [3.63, 3.8) is 0 Å². The molecular weight excluding hydrogens is 346 g/mol. The summed E-state index contributed by atoms with van der Waals surface area (Å²) in [6.45, 7) is 6.35. The Bertz CT molecular complexity index is 872. The minimum absolute atomic E-state index is 0.140. The predicted molar refractivity (Wildman–Crippen MR) is 117 cm³/mol. The van der Waals surface area contributed by atoms with E-state index in [-0.39, 0.29) is 11.3 Å². The highest BCUT2D eigenvalue weighted by molar-refractivity contribution is 5.91. The van der Waals surface area contributed by atoms with Crippen LogP contribution in [0.3, 0.4) is 0 Å². The van der Waals surface area contributed by atoms with Gasteiger partial charge in [-0.15, -0.1) is 0 Å². The zero-order chi connectivity index (χ0) is 20.3. The summed E-state index contributed by atoms with van der Waals surface area (Å²) in [6.07, 6.45) is 7.47. The molecule has 1 aliphatic carbocycles. The van der Waals surface area contributed by atoms with E-state index >= 15 is 0 Å². The highest BCUT2D eigenvalue weighted by Crippen LogP contribution is 2.63.